The third kappa shape index (κ3) is 5.74. The van der Waals surface area contributed by atoms with Gasteiger partial charge in [0.05, 0.1) is 24.5 Å². The van der Waals surface area contributed by atoms with E-state index < -0.39 is 17.6 Å². The number of Topliss-reactive ketones (excluding diaryl/α,β-unsaturated/α-hetero) is 1. The number of anilines is 2. The number of ketones is 1. The predicted molar refractivity (Wildman–Crippen MR) is 120 cm³/mol. The van der Waals surface area contributed by atoms with Crippen LogP contribution in [0.5, 0.6) is 0 Å². The number of aryl methyl sites for hydroxylation is 2. The lowest BCUT2D eigenvalue weighted by Crippen LogP contribution is -2.36. The van der Waals surface area contributed by atoms with E-state index in [0.29, 0.717) is 37.6 Å². The molecule has 0 saturated carbocycles. The van der Waals surface area contributed by atoms with Gasteiger partial charge in [0.1, 0.15) is 0 Å². The maximum Gasteiger partial charge on any atom is 0.418 e. The zero-order valence-electron chi connectivity index (χ0n) is 18.3. The largest absolute Gasteiger partial charge is 0.418 e. The number of halogens is 3. The summed E-state index contributed by atoms with van der Waals surface area (Å²) in [4.78, 5) is 26.8. The van der Waals surface area contributed by atoms with E-state index in [9.17, 15) is 22.8 Å². The number of benzene rings is 2. The third-order valence-corrected chi connectivity index (χ3v) is 6.21. The second-order valence-electron chi connectivity index (χ2n) is 8.49. The first-order valence-electron chi connectivity index (χ1n) is 11.3. The topological polar surface area (TPSA) is 58.6 Å². The molecule has 1 aliphatic heterocycles. The summed E-state index contributed by atoms with van der Waals surface area (Å²) in [5, 5.41) is 2.35. The highest BCUT2D eigenvalue weighted by Crippen LogP contribution is 2.37. The van der Waals surface area contributed by atoms with Crippen molar-refractivity contribution in [3.8, 4) is 0 Å². The number of nitrogens with one attached hydrogen (secondary N) is 1. The van der Waals surface area contributed by atoms with Crippen LogP contribution in [0.2, 0.25) is 0 Å². The predicted octanol–water partition coefficient (Wildman–Crippen LogP) is 5.02. The molecule has 0 atom stereocenters. The van der Waals surface area contributed by atoms with Gasteiger partial charge in [0, 0.05) is 37.2 Å². The molecule has 1 fully saturated rings. The number of nitrogens with zero attached hydrogens (tertiary/aromatic N) is 1. The maximum atomic E-state index is 13.7. The minimum absolute atomic E-state index is 0.0577. The van der Waals surface area contributed by atoms with Gasteiger partial charge in [-0.3, -0.25) is 9.59 Å². The minimum atomic E-state index is -4.62. The van der Waals surface area contributed by atoms with E-state index >= 15 is 0 Å². The normalized spacial score (nSPS) is 16.3. The third-order valence-electron chi connectivity index (χ3n) is 6.21. The van der Waals surface area contributed by atoms with Gasteiger partial charge in [-0.2, -0.15) is 13.2 Å². The molecule has 176 valence electrons. The fourth-order valence-electron chi connectivity index (χ4n) is 4.39. The molecule has 1 N–H and O–H groups in total. The molecule has 0 aromatic heterocycles. The molecule has 1 heterocycles. The summed E-state index contributed by atoms with van der Waals surface area (Å²) in [6.45, 7) is 1.93. The van der Waals surface area contributed by atoms with Crippen molar-refractivity contribution in [1.82, 2.24) is 0 Å². The highest BCUT2D eigenvalue weighted by atomic mass is 19.4. The Kier molecular flexibility index (Phi) is 7.02. The second kappa shape index (κ2) is 9.95. The summed E-state index contributed by atoms with van der Waals surface area (Å²) in [7, 11) is 0. The van der Waals surface area contributed by atoms with Crippen molar-refractivity contribution in [2.45, 2.75) is 44.7 Å². The molecule has 8 heteroatoms. The van der Waals surface area contributed by atoms with Crippen LogP contribution in [0.3, 0.4) is 0 Å². The highest BCUT2D eigenvalue weighted by molar-refractivity contribution is 6.00. The number of ether oxygens (including phenoxy) is 1. The van der Waals surface area contributed by atoms with Crippen LogP contribution in [0.25, 0.3) is 0 Å². The summed E-state index contributed by atoms with van der Waals surface area (Å²) in [6, 6.07) is 9.52. The zero-order valence-corrected chi connectivity index (χ0v) is 18.3. The van der Waals surface area contributed by atoms with Crippen molar-refractivity contribution < 1.29 is 27.5 Å². The van der Waals surface area contributed by atoms with Crippen LogP contribution < -0.4 is 10.2 Å². The Bertz CT molecular complexity index is 1030. The van der Waals surface area contributed by atoms with E-state index in [0.717, 1.165) is 31.7 Å². The van der Waals surface area contributed by atoms with Gasteiger partial charge in [-0.15, -0.1) is 0 Å². The lowest BCUT2D eigenvalue weighted by molar-refractivity contribution is -0.136. The van der Waals surface area contributed by atoms with Gasteiger partial charge in [0.25, 0.3) is 0 Å². The second-order valence-corrected chi connectivity index (χ2v) is 8.49. The van der Waals surface area contributed by atoms with E-state index in [1.165, 1.54) is 17.2 Å². The summed E-state index contributed by atoms with van der Waals surface area (Å²) in [5.74, 6) is -0.803. The van der Waals surface area contributed by atoms with Gasteiger partial charge in [0.15, 0.2) is 5.78 Å². The lowest BCUT2D eigenvalue weighted by atomic mass is 9.89. The molecule has 2 aromatic rings. The Morgan fingerprint density at radius 1 is 0.939 bits per heavy atom. The van der Waals surface area contributed by atoms with E-state index in [4.69, 9.17) is 4.74 Å². The van der Waals surface area contributed by atoms with E-state index in [-0.39, 0.29) is 24.3 Å². The Morgan fingerprint density at radius 2 is 1.67 bits per heavy atom. The van der Waals surface area contributed by atoms with Gasteiger partial charge in [0.2, 0.25) is 5.91 Å². The van der Waals surface area contributed by atoms with Crippen LogP contribution in [0, 0.1) is 0 Å². The number of amides is 1. The first kappa shape index (κ1) is 23.3. The molecule has 1 aliphatic carbocycles. The van der Waals surface area contributed by atoms with Gasteiger partial charge in [-0.1, -0.05) is 12.1 Å². The van der Waals surface area contributed by atoms with Crippen LogP contribution in [0.4, 0.5) is 24.5 Å². The van der Waals surface area contributed by atoms with Crippen molar-refractivity contribution >= 4 is 23.1 Å². The molecule has 2 aliphatic rings. The fourth-order valence-corrected chi connectivity index (χ4v) is 4.39. The number of carbonyl (C=O) groups is 2. The van der Waals surface area contributed by atoms with Gasteiger partial charge in [-0.25, -0.2) is 0 Å². The first-order chi connectivity index (χ1) is 15.8. The van der Waals surface area contributed by atoms with Crippen molar-refractivity contribution in [3.63, 3.8) is 0 Å². The quantitative estimate of drug-likeness (QED) is 0.615. The molecule has 1 saturated heterocycles. The number of hydrogen-bond acceptors (Lipinski definition) is 4. The summed E-state index contributed by atoms with van der Waals surface area (Å²) >= 11 is 0. The summed E-state index contributed by atoms with van der Waals surface area (Å²) < 4.78 is 46.3. The molecular formula is C25H27F3N2O3. The molecule has 0 unspecified atom stereocenters. The molecule has 33 heavy (non-hydrogen) atoms. The molecule has 5 nitrogen and oxygen atoms in total. The van der Waals surface area contributed by atoms with Gasteiger partial charge < -0.3 is 15.0 Å². The van der Waals surface area contributed by atoms with Crippen LogP contribution in [-0.4, -0.2) is 38.0 Å². The monoisotopic (exact) mass is 460 g/mol. The first-order valence-corrected chi connectivity index (χ1v) is 11.3. The Labute approximate surface area is 190 Å². The number of morpholine rings is 1. The molecule has 2 aromatic carbocycles. The number of fused-ring (bicyclic) bond motifs is 1. The van der Waals surface area contributed by atoms with Crippen molar-refractivity contribution in [3.05, 3.63) is 58.7 Å². The Balaban J connectivity index is 1.40. The Morgan fingerprint density at radius 3 is 2.39 bits per heavy atom. The van der Waals surface area contributed by atoms with Gasteiger partial charge in [-0.05, 0) is 61.1 Å². The number of alkyl halides is 3. The average molecular weight is 460 g/mol. The number of carbonyl (C=O) groups excluding carboxylic acids is 2. The fraction of sp³-hybridized carbons (Fsp3) is 0.440. The standard InChI is InChI=1S/C25H27F3N2O3/c26-25(27,28)21-16-20(30-11-13-33-14-12-30)7-8-22(21)29-24(32)10-9-23(31)19-6-5-17-3-1-2-4-18(17)15-19/h5-8,15-16H,1-4,9-14H2,(H,29,32). The SMILES string of the molecule is O=C(CCC(=O)c1ccc2c(c1)CCCC2)Nc1ccc(N2CCOCC2)cc1C(F)(F)F. The molecule has 4 rings (SSSR count). The van der Waals surface area contributed by atoms with Crippen LogP contribution in [0.1, 0.15) is 52.7 Å². The minimum Gasteiger partial charge on any atom is -0.378 e. The number of rotatable bonds is 6. The summed E-state index contributed by atoms with van der Waals surface area (Å²) in [6.07, 6.45) is -0.664. The molecule has 1 amide bonds. The average Bonchev–Trinajstić information content (AvgIpc) is 2.82. The van der Waals surface area contributed by atoms with Crippen LogP contribution in [-0.2, 0) is 28.5 Å². The van der Waals surface area contributed by atoms with Crippen LogP contribution in [0.15, 0.2) is 36.4 Å². The van der Waals surface area contributed by atoms with Gasteiger partial charge >= 0.3 is 6.18 Å². The van der Waals surface area contributed by atoms with Crippen molar-refractivity contribution in [1.29, 1.82) is 0 Å². The molecular weight excluding hydrogens is 433 g/mol. The molecule has 0 bridgehead atoms. The van der Waals surface area contributed by atoms with Crippen LogP contribution >= 0.6 is 0 Å². The highest BCUT2D eigenvalue weighted by Gasteiger charge is 2.35. The Hall–Kier alpha value is -2.87. The van der Waals surface area contributed by atoms with E-state index in [1.807, 2.05) is 17.0 Å². The molecule has 0 radical (unpaired) electrons. The lowest BCUT2D eigenvalue weighted by Gasteiger charge is -2.29. The number of hydrogen-bond donors (Lipinski definition) is 1. The van der Waals surface area contributed by atoms with Crippen molar-refractivity contribution in [2.75, 3.05) is 36.5 Å². The smallest absolute Gasteiger partial charge is 0.378 e. The van der Waals surface area contributed by atoms with E-state index in [2.05, 4.69) is 5.32 Å². The van der Waals surface area contributed by atoms with E-state index in [1.54, 1.807) is 12.1 Å². The maximum absolute atomic E-state index is 13.7. The van der Waals surface area contributed by atoms with Crippen molar-refractivity contribution in [2.24, 2.45) is 0 Å². The summed E-state index contributed by atoms with van der Waals surface area (Å²) in [5.41, 5.74) is 2.22. The molecule has 0 spiro atoms. The zero-order chi connectivity index (χ0) is 23.4.